The van der Waals surface area contributed by atoms with Crippen molar-refractivity contribution < 1.29 is 19.4 Å². The Morgan fingerprint density at radius 2 is 2.31 bits per heavy atom. The van der Waals surface area contributed by atoms with Gasteiger partial charge >= 0.3 is 5.97 Å². The first-order valence-corrected chi connectivity index (χ1v) is 5.26. The maximum atomic E-state index is 10.7. The van der Waals surface area contributed by atoms with Crippen LogP contribution in [0.3, 0.4) is 0 Å². The minimum Gasteiger partial charge on any atom is -0.475 e. The average molecular weight is 227 g/mol. The molecule has 0 spiro atoms. The largest absolute Gasteiger partial charge is 0.475 e. The number of nitrogens with one attached hydrogen (secondary N) is 1. The van der Waals surface area contributed by atoms with E-state index in [-0.39, 0.29) is 11.9 Å². The molecule has 0 bridgehead atoms. The van der Waals surface area contributed by atoms with Gasteiger partial charge in [-0.25, -0.2) is 4.79 Å². The summed E-state index contributed by atoms with van der Waals surface area (Å²) in [6.07, 6.45) is 0.305. The SMILES string of the molecule is CCC(O)CNCc1cc(C)c(C(=O)O)o1. The van der Waals surface area contributed by atoms with Crippen molar-refractivity contribution >= 4 is 5.97 Å². The number of furan rings is 1. The molecule has 90 valence electrons. The summed E-state index contributed by atoms with van der Waals surface area (Å²) < 4.78 is 5.15. The number of carboxylic acids is 1. The molecule has 0 saturated carbocycles. The van der Waals surface area contributed by atoms with E-state index in [2.05, 4.69) is 5.32 Å². The summed E-state index contributed by atoms with van der Waals surface area (Å²) in [5, 5.41) is 21.1. The highest BCUT2D eigenvalue weighted by molar-refractivity contribution is 5.86. The fraction of sp³-hybridized carbons (Fsp3) is 0.545. The fourth-order valence-electron chi connectivity index (χ4n) is 1.35. The minimum atomic E-state index is -1.06. The first-order chi connectivity index (χ1) is 7.54. The molecule has 1 rings (SSSR count). The summed E-state index contributed by atoms with van der Waals surface area (Å²) in [6.45, 7) is 4.48. The second kappa shape index (κ2) is 5.67. The Labute approximate surface area is 94.1 Å². The van der Waals surface area contributed by atoms with Crippen molar-refractivity contribution in [3.63, 3.8) is 0 Å². The number of hydrogen-bond donors (Lipinski definition) is 3. The highest BCUT2D eigenvalue weighted by Gasteiger charge is 2.13. The van der Waals surface area contributed by atoms with E-state index in [1.54, 1.807) is 13.0 Å². The van der Waals surface area contributed by atoms with Gasteiger partial charge < -0.3 is 19.9 Å². The van der Waals surface area contributed by atoms with Crippen molar-refractivity contribution in [1.29, 1.82) is 0 Å². The molecule has 1 unspecified atom stereocenters. The van der Waals surface area contributed by atoms with Gasteiger partial charge in [-0.15, -0.1) is 0 Å². The van der Waals surface area contributed by atoms with E-state index in [4.69, 9.17) is 9.52 Å². The van der Waals surface area contributed by atoms with Crippen molar-refractivity contribution in [2.45, 2.75) is 32.9 Å². The molecule has 1 heterocycles. The third-order valence-corrected chi connectivity index (χ3v) is 2.31. The minimum absolute atomic E-state index is 0.0205. The van der Waals surface area contributed by atoms with Crippen LogP contribution >= 0.6 is 0 Å². The first-order valence-electron chi connectivity index (χ1n) is 5.26. The predicted molar refractivity (Wildman–Crippen MR) is 58.4 cm³/mol. The van der Waals surface area contributed by atoms with Crippen LogP contribution in [0.2, 0.25) is 0 Å². The summed E-state index contributed by atoms with van der Waals surface area (Å²) in [6, 6.07) is 1.69. The molecule has 5 nitrogen and oxygen atoms in total. The molecule has 1 aromatic rings. The first kappa shape index (κ1) is 12.7. The Hall–Kier alpha value is -1.33. The third-order valence-electron chi connectivity index (χ3n) is 2.31. The Kier molecular flexibility index (Phi) is 4.52. The zero-order valence-corrected chi connectivity index (χ0v) is 9.49. The van der Waals surface area contributed by atoms with Crippen molar-refractivity contribution in [3.8, 4) is 0 Å². The van der Waals surface area contributed by atoms with E-state index in [9.17, 15) is 9.90 Å². The zero-order valence-electron chi connectivity index (χ0n) is 9.49. The van der Waals surface area contributed by atoms with Gasteiger partial charge in [0, 0.05) is 12.1 Å². The van der Waals surface area contributed by atoms with Crippen LogP contribution in [0, 0.1) is 6.92 Å². The summed E-state index contributed by atoms with van der Waals surface area (Å²) in [4.78, 5) is 10.7. The van der Waals surface area contributed by atoms with Gasteiger partial charge in [-0.2, -0.15) is 0 Å². The van der Waals surface area contributed by atoms with Gasteiger partial charge in [0.15, 0.2) is 0 Å². The van der Waals surface area contributed by atoms with Gasteiger partial charge in [0.2, 0.25) is 5.76 Å². The van der Waals surface area contributed by atoms with Gasteiger partial charge in [0.25, 0.3) is 0 Å². The van der Waals surface area contributed by atoms with Gasteiger partial charge in [-0.05, 0) is 19.4 Å². The number of aryl methyl sites for hydroxylation is 1. The monoisotopic (exact) mass is 227 g/mol. The maximum absolute atomic E-state index is 10.7. The van der Waals surface area contributed by atoms with Gasteiger partial charge in [-0.1, -0.05) is 6.92 Å². The molecule has 0 aliphatic rings. The summed E-state index contributed by atoms with van der Waals surface area (Å²) >= 11 is 0. The topological polar surface area (TPSA) is 82.7 Å². The molecule has 16 heavy (non-hydrogen) atoms. The van der Waals surface area contributed by atoms with E-state index < -0.39 is 5.97 Å². The predicted octanol–water partition coefficient (Wildman–Crippen LogP) is 1.15. The van der Waals surface area contributed by atoms with Gasteiger partial charge in [-0.3, -0.25) is 0 Å². The number of aliphatic hydroxyl groups is 1. The molecule has 0 aliphatic heterocycles. The van der Waals surface area contributed by atoms with Gasteiger partial charge in [0.1, 0.15) is 5.76 Å². The second-order valence-corrected chi connectivity index (χ2v) is 3.72. The average Bonchev–Trinajstić information content (AvgIpc) is 2.59. The molecule has 0 aromatic carbocycles. The van der Waals surface area contributed by atoms with Crippen molar-refractivity contribution in [3.05, 3.63) is 23.2 Å². The van der Waals surface area contributed by atoms with Gasteiger partial charge in [0.05, 0.1) is 12.6 Å². The van der Waals surface area contributed by atoms with Crippen molar-refractivity contribution in [2.24, 2.45) is 0 Å². The Bertz CT molecular complexity index is 359. The second-order valence-electron chi connectivity index (χ2n) is 3.72. The number of carbonyl (C=O) groups is 1. The van der Waals surface area contributed by atoms with E-state index in [0.29, 0.717) is 30.8 Å². The van der Waals surface area contributed by atoms with Crippen LogP contribution in [0.5, 0.6) is 0 Å². The number of rotatable bonds is 6. The van der Waals surface area contributed by atoms with Crippen LogP contribution in [0.25, 0.3) is 0 Å². The Morgan fingerprint density at radius 1 is 1.62 bits per heavy atom. The Morgan fingerprint density at radius 3 is 2.81 bits per heavy atom. The fourth-order valence-corrected chi connectivity index (χ4v) is 1.35. The number of aliphatic hydroxyl groups excluding tert-OH is 1. The molecule has 3 N–H and O–H groups in total. The summed E-state index contributed by atoms with van der Waals surface area (Å²) in [5.74, 6) is -0.511. The molecule has 0 amide bonds. The number of hydrogen-bond acceptors (Lipinski definition) is 4. The van der Waals surface area contributed by atoms with E-state index in [0.717, 1.165) is 0 Å². The molecule has 0 aliphatic carbocycles. The number of carboxylic acid groups (broad SMARTS) is 1. The lowest BCUT2D eigenvalue weighted by molar-refractivity contribution is 0.0658. The third kappa shape index (κ3) is 3.36. The lowest BCUT2D eigenvalue weighted by Gasteiger charge is -2.07. The molecular formula is C11H17NO4. The van der Waals surface area contributed by atoms with Crippen LogP contribution in [0.4, 0.5) is 0 Å². The highest BCUT2D eigenvalue weighted by Crippen LogP contribution is 2.14. The quantitative estimate of drug-likeness (QED) is 0.679. The summed E-state index contributed by atoms with van der Waals surface area (Å²) in [5.41, 5.74) is 0.611. The van der Waals surface area contributed by atoms with Crippen molar-refractivity contribution in [1.82, 2.24) is 5.32 Å². The van der Waals surface area contributed by atoms with Crippen LogP contribution in [0.15, 0.2) is 10.5 Å². The van der Waals surface area contributed by atoms with Crippen LogP contribution in [-0.4, -0.2) is 28.8 Å². The van der Waals surface area contributed by atoms with Crippen LogP contribution < -0.4 is 5.32 Å². The maximum Gasteiger partial charge on any atom is 0.372 e. The zero-order chi connectivity index (χ0) is 12.1. The van der Waals surface area contributed by atoms with E-state index >= 15 is 0 Å². The standard InChI is InChI=1S/C11H17NO4/c1-3-8(13)5-12-6-9-4-7(2)10(16-9)11(14)15/h4,8,12-13H,3,5-6H2,1-2H3,(H,14,15). The molecular weight excluding hydrogens is 210 g/mol. The number of aromatic carboxylic acids is 1. The van der Waals surface area contributed by atoms with Crippen molar-refractivity contribution in [2.75, 3.05) is 6.54 Å². The highest BCUT2D eigenvalue weighted by atomic mass is 16.4. The lowest BCUT2D eigenvalue weighted by atomic mass is 10.2. The summed E-state index contributed by atoms with van der Waals surface area (Å²) in [7, 11) is 0. The van der Waals surface area contributed by atoms with Crippen LogP contribution in [0.1, 0.15) is 35.2 Å². The lowest BCUT2D eigenvalue weighted by Crippen LogP contribution is -2.25. The van der Waals surface area contributed by atoms with E-state index in [1.165, 1.54) is 0 Å². The Balaban J connectivity index is 2.49. The molecule has 1 atom stereocenters. The molecule has 0 fully saturated rings. The smallest absolute Gasteiger partial charge is 0.372 e. The normalized spacial score (nSPS) is 12.7. The van der Waals surface area contributed by atoms with E-state index in [1.807, 2.05) is 6.92 Å². The molecule has 0 radical (unpaired) electrons. The molecule has 1 aromatic heterocycles. The van der Waals surface area contributed by atoms with Crippen LogP contribution in [-0.2, 0) is 6.54 Å². The molecule has 5 heteroatoms. The molecule has 0 saturated heterocycles.